The first-order chi connectivity index (χ1) is 17.7. The molecule has 1 unspecified atom stereocenters. The van der Waals surface area contributed by atoms with Crippen molar-refractivity contribution in [2.45, 2.75) is 19.4 Å². The topological polar surface area (TPSA) is 120 Å². The van der Waals surface area contributed by atoms with Gasteiger partial charge in [0.1, 0.15) is 5.82 Å². The monoisotopic (exact) mass is 522 g/mol. The van der Waals surface area contributed by atoms with Crippen molar-refractivity contribution < 1.29 is 27.1 Å². The smallest absolute Gasteiger partial charge is 0.339 e. The Hall–Kier alpha value is -4.12. The number of rotatable bonds is 5. The molecule has 190 valence electrons. The molecule has 1 amide bonds. The zero-order valence-electron chi connectivity index (χ0n) is 20.1. The van der Waals surface area contributed by atoms with Crippen LogP contribution >= 0.6 is 0 Å². The third-order valence-corrected chi connectivity index (χ3v) is 8.11. The number of aromatic nitrogens is 3. The molecule has 9 nitrogen and oxygen atoms in total. The van der Waals surface area contributed by atoms with Gasteiger partial charge in [-0.25, -0.2) is 27.3 Å². The zero-order chi connectivity index (χ0) is 26.3. The lowest BCUT2D eigenvalue weighted by Crippen LogP contribution is -2.17. The largest absolute Gasteiger partial charge is 0.465 e. The number of benzene rings is 2. The zero-order valence-corrected chi connectivity index (χ0v) is 20.9. The average Bonchev–Trinajstić information content (AvgIpc) is 3.42. The summed E-state index contributed by atoms with van der Waals surface area (Å²) in [4.78, 5) is 30.6. The molecule has 1 N–H and O–H groups in total. The molecule has 0 bridgehead atoms. The van der Waals surface area contributed by atoms with Crippen LogP contribution in [-0.2, 0) is 14.6 Å². The van der Waals surface area contributed by atoms with Crippen molar-refractivity contribution in [2.24, 2.45) is 0 Å². The fourth-order valence-corrected chi connectivity index (χ4v) is 6.25. The number of hydrogen-bond donors (Lipinski definition) is 1. The standard InChI is InChI=1S/C26H23FN4O5S/c1-15-23-20(25(32)29-21-6-4-3-5-19(21)26(33)36-2)13-22(16-7-9-17(27)10-8-16)28-24(23)31(30-15)18-11-12-37(34,35)14-18/h3-10,13,18H,11-12,14H2,1-2H3,(H,29,32). The van der Waals surface area contributed by atoms with Crippen LogP contribution in [0.5, 0.6) is 0 Å². The molecule has 0 radical (unpaired) electrons. The van der Waals surface area contributed by atoms with Crippen LogP contribution in [0, 0.1) is 12.7 Å². The first-order valence-electron chi connectivity index (χ1n) is 11.5. The van der Waals surface area contributed by atoms with Gasteiger partial charge in [0.2, 0.25) is 0 Å². The van der Waals surface area contributed by atoms with E-state index in [2.05, 4.69) is 10.4 Å². The van der Waals surface area contributed by atoms with Gasteiger partial charge in [0.05, 0.1) is 58.2 Å². The van der Waals surface area contributed by atoms with E-state index in [0.717, 1.165) is 0 Å². The summed E-state index contributed by atoms with van der Waals surface area (Å²) in [5.41, 5.74) is 2.49. The minimum Gasteiger partial charge on any atom is -0.465 e. The fourth-order valence-electron chi connectivity index (χ4n) is 4.55. The van der Waals surface area contributed by atoms with E-state index in [1.54, 1.807) is 48.0 Å². The van der Waals surface area contributed by atoms with Gasteiger partial charge in [-0.2, -0.15) is 5.10 Å². The maximum atomic E-state index is 13.6. The second-order valence-corrected chi connectivity index (χ2v) is 11.1. The Morgan fingerprint density at radius 1 is 1.11 bits per heavy atom. The van der Waals surface area contributed by atoms with Crippen LogP contribution in [-0.4, -0.2) is 53.7 Å². The highest BCUT2D eigenvalue weighted by atomic mass is 32.2. The molecule has 4 aromatic rings. The normalized spacial score (nSPS) is 16.6. The van der Waals surface area contributed by atoms with Gasteiger partial charge in [-0.3, -0.25) is 4.79 Å². The third-order valence-electron chi connectivity index (χ3n) is 6.36. The summed E-state index contributed by atoms with van der Waals surface area (Å²) < 4.78 is 44.3. The van der Waals surface area contributed by atoms with Crippen molar-refractivity contribution in [3.05, 3.63) is 77.2 Å². The van der Waals surface area contributed by atoms with Gasteiger partial charge >= 0.3 is 5.97 Å². The van der Waals surface area contributed by atoms with Crippen molar-refractivity contribution in [3.8, 4) is 11.3 Å². The summed E-state index contributed by atoms with van der Waals surface area (Å²) in [6.45, 7) is 1.72. The van der Waals surface area contributed by atoms with Crippen molar-refractivity contribution in [2.75, 3.05) is 23.9 Å². The van der Waals surface area contributed by atoms with Crippen LogP contribution in [0.3, 0.4) is 0 Å². The molecule has 1 aliphatic rings. The fraction of sp³-hybridized carbons (Fsp3) is 0.231. The van der Waals surface area contributed by atoms with Crippen LogP contribution in [0.1, 0.15) is 38.9 Å². The van der Waals surface area contributed by atoms with Gasteiger partial charge in [-0.1, -0.05) is 12.1 Å². The maximum absolute atomic E-state index is 13.6. The summed E-state index contributed by atoms with van der Waals surface area (Å²) in [6, 6.07) is 13.3. The van der Waals surface area contributed by atoms with Crippen LogP contribution < -0.4 is 5.32 Å². The molecular formula is C26H23FN4O5S. The van der Waals surface area contributed by atoms with Gasteiger partial charge in [-0.05, 0) is 55.8 Å². The number of methoxy groups -OCH3 is 1. The number of pyridine rings is 1. The molecule has 0 aliphatic carbocycles. The molecule has 0 saturated carbocycles. The van der Waals surface area contributed by atoms with Gasteiger partial charge in [-0.15, -0.1) is 0 Å². The first-order valence-corrected chi connectivity index (χ1v) is 13.3. The maximum Gasteiger partial charge on any atom is 0.339 e. The number of hydrogen-bond acceptors (Lipinski definition) is 7. The highest BCUT2D eigenvalue weighted by Gasteiger charge is 2.32. The average molecular weight is 523 g/mol. The van der Waals surface area contributed by atoms with Gasteiger partial charge in [0, 0.05) is 5.56 Å². The number of halogens is 1. The van der Waals surface area contributed by atoms with Gasteiger partial charge in [0.15, 0.2) is 15.5 Å². The van der Waals surface area contributed by atoms with E-state index in [9.17, 15) is 22.4 Å². The third kappa shape index (κ3) is 4.69. The summed E-state index contributed by atoms with van der Waals surface area (Å²) in [5.74, 6) is -1.56. The number of sulfone groups is 1. The van der Waals surface area contributed by atoms with Crippen LogP contribution in [0.25, 0.3) is 22.3 Å². The minimum absolute atomic E-state index is 0.0490. The number of carbonyl (C=O) groups excluding carboxylic acids is 2. The Kier molecular flexibility index (Phi) is 6.24. The Morgan fingerprint density at radius 3 is 2.51 bits per heavy atom. The SMILES string of the molecule is COC(=O)c1ccccc1NC(=O)c1cc(-c2ccc(F)cc2)nc2c1c(C)nn2C1CCS(=O)(=O)C1. The quantitative estimate of drug-likeness (QED) is 0.394. The van der Waals surface area contributed by atoms with E-state index >= 15 is 0 Å². The number of fused-ring (bicyclic) bond motifs is 1. The van der Waals surface area contributed by atoms with Crippen molar-refractivity contribution >= 4 is 38.4 Å². The van der Waals surface area contributed by atoms with E-state index in [4.69, 9.17) is 9.72 Å². The molecule has 37 heavy (non-hydrogen) atoms. The molecule has 1 fully saturated rings. The van der Waals surface area contributed by atoms with E-state index in [1.807, 2.05) is 0 Å². The molecule has 5 rings (SSSR count). The molecule has 2 aromatic carbocycles. The highest BCUT2D eigenvalue weighted by Crippen LogP contribution is 2.32. The summed E-state index contributed by atoms with van der Waals surface area (Å²) >= 11 is 0. The minimum atomic E-state index is -3.21. The van der Waals surface area contributed by atoms with Gasteiger partial charge in [0.25, 0.3) is 5.91 Å². The second-order valence-electron chi connectivity index (χ2n) is 8.84. The molecular weight excluding hydrogens is 499 g/mol. The Labute approximate surface area is 212 Å². The van der Waals surface area contributed by atoms with Crippen LogP contribution in [0.2, 0.25) is 0 Å². The van der Waals surface area contributed by atoms with Crippen molar-refractivity contribution in [3.63, 3.8) is 0 Å². The number of aryl methyl sites for hydroxylation is 1. The predicted octanol–water partition coefficient (Wildman–Crippen LogP) is 3.94. The number of esters is 1. The summed E-state index contributed by atoms with van der Waals surface area (Å²) in [6.07, 6.45) is 0.384. The number of para-hydroxylation sites is 1. The van der Waals surface area contributed by atoms with E-state index < -0.39 is 33.6 Å². The van der Waals surface area contributed by atoms with Crippen LogP contribution in [0.15, 0.2) is 54.6 Å². The van der Waals surface area contributed by atoms with Crippen molar-refractivity contribution in [1.29, 1.82) is 0 Å². The summed E-state index contributed by atoms with van der Waals surface area (Å²) in [5, 5.41) is 7.81. The first kappa shape index (κ1) is 24.6. The molecule has 11 heteroatoms. The van der Waals surface area contributed by atoms with Gasteiger partial charge < -0.3 is 10.1 Å². The van der Waals surface area contributed by atoms with Crippen molar-refractivity contribution in [1.82, 2.24) is 14.8 Å². The molecule has 2 aromatic heterocycles. The number of nitrogens with one attached hydrogen (secondary N) is 1. The predicted molar refractivity (Wildman–Crippen MR) is 136 cm³/mol. The molecule has 1 aliphatic heterocycles. The van der Waals surface area contributed by atoms with E-state index in [1.165, 1.54) is 25.3 Å². The lowest BCUT2D eigenvalue weighted by molar-refractivity contribution is 0.0602. The summed E-state index contributed by atoms with van der Waals surface area (Å²) in [7, 11) is -1.95. The van der Waals surface area contributed by atoms with Crippen LogP contribution in [0.4, 0.5) is 10.1 Å². The number of ether oxygens (including phenoxy) is 1. The lowest BCUT2D eigenvalue weighted by Gasteiger charge is -2.13. The Balaban J connectivity index is 1.67. The lowest BCUT2D eigenvalue weighted by atomic mass is 10.0. The number of carbonyl (C=O) groups is 2. The molecule has 3 heterocycles. The molecule has 1 atom stereocenters. The highest BCUT2D eigenvalue weighted by molar-refractivity contribution is 7.91. The molecule has 1 saturated heterocycles. The Morgan fingerprint density at radius 2 is 1.84 bits per heavy atom. The number of nitrogens with zero attached hydrogens (tertiary/aromatic N) is 3. The number of amides is 1. The number of anilines is 1. The van der Waals surface area contributed by atoms with E-state index in [0.29, 0.717) is 34.4 Å². The van der Waals surface area contributed by atoms with E-state index in [-0.39, 0.29) is 28.3 Å². The Bertz CT molecular complexity index is 1650. The molecule has 0 spiro atoms. The second kappa shape index (κ2) is 9.40.